The fourth-order valence-corrected chi connectivity index (χ4v) is 1.20. The number of halogens is 1. The molecule has 1 rings (SSSR count). The van der Waals surface area contributed by atoms with Gasteiger partial charge < -0.3 is 4.42 Å². The molecule has 1 aromatic heterocycles. The quantitative estimate of drug-likeness (QED) is 0.847. The Morgan fingerprint density at radius 1 is 1.43 bits per heavy atom. The van der Waals surface area contributed by atoms with Crippen molar-refractivity contribution in [1.29, 1.82) is 0 Å². The normalized spacial score (nSPS) is 14.4. The predicted octanol–water partition coefficient (Wildman–Crippen LogP) is 3.42. The zero-order valence-electron chi connectivity index (χ0n) is 8.93. The average molecular weight is 262 g/mol. The van der Waals surface area contributed by atoms with Crippen LogP contribution in [0.15, 0.2) is 21.2 Å². The molecule has 0 aliphatic carbocycles. The van der Waals surface area contributed by atoms with E-state index in [9.17, 15) is 0 Å². The second-order valence-electron chi connectivity index (χ2n) is 4.20. The van der Waals surface area contributed by atoms with Crippen LogP contribution in [0, 0.1) is 0 Å². The van der Waals surface area contributed by atoms with Crippen LogP contribution in [0.1, 0.15) is 39.5 Å². The lowest BCUT2D eigenvalue weighted by atomic mass is 10.2. The summed E-state index contributed by atoms with van der Waals surface area (Å²) < 4.78 is 6.12. The Labute approximate surface area is 92.9 Å². The van der Waals surface area contributed by atoms with Crippen LogP contribution < -0.4 is 5.48 Å². The molecule has 0 spiro atoms. The Bertz CT molecular complexity index is 291. The van der Waals surface area contributed by atoms with E-state index in [2.05, 4.69) is 21.4 Å². The van der Waals surface area contributed by atoms with Gasteiger partial charge in [0.1, 0.15) is 5.76 Å². The molecule has 1 heterocycles. The lowest BCUT2D eigenvalue weighted by molar-refractivity contribution is -0.0890. The number of nitrogens with one attached hydrogen (secondary N) is 1. The Kier molecular flexibility index (Phi) is 3.75. The van der Waals surface area contributed by atoms with E-state index in [0.29, 0.717) is 0 Å². The first-order valence-electron chi connectivity index (χ1n) is 4.57. The van der Waals surface area contributed by atoms with Crippen LogP contribution in [0.4, 0.5) is 0 Å². The summed E-state index contributed by atoms with van der Waals surface area (Å²) in [6, 6.07) is 3.82. The van der Waals surface area contributed by atoms with E-state index < -0.39 is 0 Å². The first kappa shape index (κ1) is 11.8. The molecule has 0 bridgehead atoms. The minimum Gasteiger partial charge on any atom is -0.453 e. The van der Waals surface area contributed by atoms with Crippen molar-refractivity contribution < 1.29 is 9.25 Å². The van der Waals surface area contributed by atoms with Crippen molar-refractivity contribution in [3.8, 4) is 0 Å². The largest absolute Gasteiger partial charge is 0.453 e. The zero-order chi connectivity index (χ0) is 10.8. The average Bonchev–Trinajstić information content (AvgIpc) is 2.46. The highest BCUT2D eigenvalue weighted by atomic mass is 79.9. The molecule has 1 N–H and O–H groups in total. The van der Waals surface area contributed by atoms with Gasteiger partial charge in [0.25, 0.3) is 0 Å². The standard InChI is InChI=1S/C10H16BrNO2/c1-7(12-14-10(2,3)4)8-5-6-9(11)13-8/h5-7,12H,1-4H3. The first-order chi connectivity index (χ1) is 6.38. The Balaban J connectivity index is 2.47. The summed E-state index contributed by atoms with van der Waals surface area (Å²) in [4.78, 5) is 5.43. The number of hydrogen-bond donors (Lipinski definition) is 1. The van der Waals surface area contributed by atoms with Crippen molar-refractivity contribution in [3.63, 3.8) is 0 Å². The van der Waals surface area contributed by atoms with Crippen LogP contribution in [0.5, 0.6) is 0 Å². The van der Waals surface area contributed by atoms with Crippen LogP contribution in [-0.2, 0) is 4.84 Å². The minimum absolute atomic E-state index is 0.0422. The molecule has 0 aliphatic rings. The zero-order valence-corrected chi connectivity index (χ0v) is 10.5. The highest BCUT2D eigenvalue weighted by Gasteiger charge is 2.15. The molecule has 80 valence electrons. The molecule has 0 radical (unpaired) electrons. The fraction of sp³-hybridized carbons (Fsp3) is 0.600. The molecule has 0 aliphatic heterocycles. The van der Waals surface area contributed by atoms with E-state index in [4.69, 9.17) is 9.25 Å². The molecule has 3 nitrogen and oxygen atoms in total. The SMILES string of the molecule is CC(NOC(C)(C)C)c1ccc(Br)o1. The second-order valence-corrected chi connectivity index (χ2v) is 4.98. The third-order valence-corrected chi connectivity index (χ3v) is 1.99. The molecule has 0 saturated carbocycles. The van der Waals surface area contributed by atoms with Crippen LogP contribution in [-0.4, -0.2) is 5.60 Å². The highest BCUT2D eigenvalue weighted by Crippen LogP contribution is 2.20. The van der Waals surface area contributed by atoms with Gasteiger partial charge >= 0.3 is 0 Å². The van der Waals surface area contributed by atoms with Gasteiger partial charge in [-0.3, -0.25) is 4.84 Å². The van der Waals surface area contributed by atoms with Gasteiger partial charge in [-0.2, -0.15) is 5.48 Å². The predicted molar refractivity (Wildman–Crippen MR) is 58.8 cm³/mol. The van der Waals surface area contributed by atoms with Crippen molar-refractivity contribution >= 4 is 15.9 Å². The van der Waals surface area contributed by atoms with Gasteiger partial charge in [-0.1, -0.05) is 0 Å². The summed E-state index contributed by atoms with van der Waals surface area (Å²) >= 11 is 3.26. The molecular weight excluding hydrogens is 246 g/mol. The monoisotopic (exact) mass is 261 g/mol. The summed E-state index contributed by atoms with van der Waals surface area (Å²) in [5.41, 5.74) is 2.74. The molecule has 14 heavy (non-hydrogen) atoms. The molecule has 1 atom stereocenters. The van der Waals surface area contributed by atoms with E-state index in [1.807, 2.05) is 39.8 Å². The molecule has 0 saturated heterocycles. The van der Waals surface area contributed by atoms with Gasteiger partial charge in [0, 0.05) is 0 Å². The van der Waals surface area contributed by atoms with Crippen molar-refractivity contribution in [2.24, 2.45) is 0 Å². The van der Waals surface area contributed by atoms with E-state index in [1.165, 1.54) is 0 Å². The van der Waals surface area contributed by atoms with E-state index in [1.54, 1.807) is 0 Å². The summed E-state index contributed by atoms with van der Waals surface area (Å²) in [7, 11) is 0. The van der Waals surface area contributed by atoms with Gasteiger partial charge in [0.2, 0.25) is 0 Å². The van der Waals surface area contributed by atoms with Crippen LogP contribution in [0.2, 0.25) is 0 Å². The first-order valence-corrected chi connectivity index (χ1v) is 5.36. The lowest BCUT2D eigenvalue weighted by Gasteiger charge is -2.22. The summed E-state index contributed by atoms with van der Waals surface area (Å²) in [5, 5.41) is 0. The van der Waals surface area contributed by atoms with Crippen LogP contribution in [0.3, 0.4) is 0 Å². The Morgan fingerprint density at radius 2 is 2.07 bits per heavy atom. The topological polar surface area (TPSA) is 34.4 Å². The van der Waals surface area contributed by atoms with Gasteiger partial charge in [0.05, 0.1) is 11.6 Å². The Morgan fingerprint density at radius 3 is 2.50 bits per heavy atom. The number of hydroxylamine groups is 1. The summed E-state index contributed by atoms with van der Waals surface area (Å²) in [5.74, 6) is 0.848. The molecule has 1 unspecified atom stereocenters. The maximum Gasteiger partial charge on any atom is 0.169 e. The number of rotatable bonds is 3. The third-order valence-electron chi connectivity index (χ3n) is 1.56. The van der Waals surface area contributed by atoms with Crippen molar-refractivity contribution in [3.05, 3.63) is 22.6 Å². The smallest absolute Gasteiger partial charge is 0.169 e. The number of furan rings is 1. The highest BCUT2D eigenvalue weighted by molar-refractivity contribution is 9.10. The lowest BCUT2D eigenvalue weighted by Crippen LogP contribution is -2.30. The Hall–Kier alpha value is -0.320. The van der Waals surface area contributed by atoms with Gasteiger partial charge in [0.15, 0.2) is 4.67 Å². The van der Waals surface area contributed by atoms with Gasteiger partial charge in [-0.15, -0.1) is 0 Å². The molecule has 1 aromatic rings. The maximum absolute atomic E-state index is 5.43. The molecule has 0 fully saturated rings. The second kappa shape index (κ2) is 4.47. The van der Waals surface area contributed by atoms with Crippen molar-refractivity contribution in [2.45, 2.75) is 39.3 Å². The van der Waals surface area contributed by atoms with E-state index in [0.717, 1.165) is 10.4 Å². The van der Waals surface area contributed by atoms with E-state index >= 15 is 0 Å². The summed E-state index contributed by atoms with van der Waals surface area (Å²) in [6.07, 6.45) is 0. The summed E-state index contributed by atoms with van der Waals surface area (Å²) in [6.45, 7) is 7.96. The van der Waals surface area contributed by atoms with Crippen molar-refractivity contribution in [2.75, 3.05) is 0 Å². The fourth-order valence-electron chi connectivity index (χ4n) is 0.884. The van der Waals surface area contributed by atoms with Crippen LogP contribution in [0.25, 0.3) is 0 Å². The molecular formula is C10H16BrNO2. The van der Waals surface area contributed by atoms with Gasteiger partial charge in [-0.05, 0) is 55.8 Å². The van der Waals surface area contributed by atoms with Gasteiger partial charge in [-0.25, -0.2) is 0 Å². The van der Waals surface area contributed by atoms with E-state index in [-0.39, 0.29) is 11.6 Å². The minimum atomic E-state index is -0.196. The molecule has 0 amide bonds. The molecule has 4 heteroatoms. The number of hydrogen-bond acceptors (Lipinski definition) is 3. The van der Waals surface area contributed by atoms with Crippen LogP contribution >= 0.6 is 15.9 Å². The molecule has 0 aromatic carbocycles. The van der Waals surface area contributed by atoms with Crippen molar-refractivity contribution in [1.82, 2.24) is 5.48 Å². The third kappa shape index (κ3) is 3.82. The maximum atomic E-state index is 5.43.